The highest BCUT2D eigenvalue weighted by atomic mass is 16.6. The predicted octanol–water partition coefficient (Wildman–Crippen LogP) is 2.05. The number of ether oxygens (including phenoxy) is 1. The van der Waals surface area contributed by atoms with E-state index < -0.39 is 29.7 Å². The molecule has 0 spiro atoms. The second-order valence-corrected chi connectivity index (χ2v) is 5.79. The Morgan fingerprint density at radius 2 is 1.86 bits per heavy atom. The molecule has 1 amide bonds. The predicted molar refractivity (Wildman–Crippen MR) is 78.8 cm³/mol. The Labute approximate surface area is 124 Å². The van der Waals surface area contributed by atoms with Crippen molar-refractivity contribution < 1.29 is 19.4 Å². The number of nitrogens with one attached hydrogen (secondary N) is 1. The molecule has 21 heavy (non-hydrogen) atoms. The third kappa shape index (κ3) is 6.27. The summed E-state index contributed by atoms with van der Waals surface area (Å²) in [5.41, 5.74) is 6.11. The summed E-state index contributed by atoms with van der Waals surface area (Å²) < 4.78 is 5.05. The van der Waals surface area contributed by atoms with Gasteiger partial charge in [0.15, 0.2) is 0 Å². The Morgan fingerprint density at radius 3 is 2.33 bits per heavy atom. The zero-order valence-corrected chi connectivity index (χ0v) is 12.5. The van der Waals surface area contributed by atoms with E-state index in [9.17, 15) is 14.7 Å². The quantitative estimate of drug-likeness (QED) is 0.771. The van der Waals surface area contributed by atoms with Gasteiger partial charge in [0.2, 0.25) is 0 Å². The summed E-state index contributed by atoms with van der Waals surface area (Å²) in [6, 6.07) is 7.55. The van der Waals surface area contributed by atoms with Gasteiger partial charge in [0.25, 0.3) is 0 Å². The first kappa shape index (κ1) is 17.0. The molecule has 0 radical (unpaired) electrons. The topological polar surface area (TPSA) is 102 Å². The lowest BCUT2D eigenvalue weighted by atomic mass is 10.0. The average molecular weight is 294 g/mol. The van der Waals surface area contributed by atoms with Gasteiger partial charge in [-0.2, -0.15) is 0 Å². The summed E-state index contributed by atoms with van der Waals surface area (Å²) in [5, 5.41) is 11.5. The van der Waals surface area contributed by atoms with E-state index in [1.54, 1.807) is 20.8 Å². The van der Waals surface area contributed by atoms with Crippen molar-refractivity contribution in [3.63, 3.8) is 0 Å². The van der Waals surface area contributed by atoms with Crippen LogP contribution in [0.5, 0.6) is 0 Å². The van der Waals surface area contributed by atoms with Crippen molar-refractivity contribution in [2.75, 3.05) is 0 Å². The Hall–Kier alpha value is -2.08. The highest BCUT2D eigenvalue weighted by Gasteiger charge is 2.26. The minimum absolute atomic E-state index is 0.0819. The zero-order chi connectivity index (χ0) is 16.0. The first-order valence-electron chi connectivity index (χ1n) is 6.72. The monoisotopic (exact) mass is 294 g/mol. The SMILES string of the molecule is CC(C)(C)OC(=O)N[C@H](C[C@H](N)c1ccccc1)C(=O)O. The number of hydrogen-bond donors (Lipinski definition) is 3. The molecule has 0 aliphatic heterocycles. The molecule has 6 nitrogen and oxygen atoms in total. The molecule has 4 N–H and O–H groups in total. The lowest BCUT2D eigenvalue weighted by Gasteiger charge is -2.23. The van der Waals surface area contributed by atoms with Crippen LogP contribution in [0.4, 0.5) is 4.79 Å². The Bertz CT molecular complexity index is 482. The maximum Gasteiger partial charge on any atom is 0.408 e. The van der Waals surface area contributed by atoms with Crippen LogP contribution in [0.15, 0.2) is 30.3 Å². The zero-order valence-electron chi connectivity index (χ0n) is 12.5. The lowest BCUT2D eigenvalue weighted by molar-refractivity contribution is -0.139. The molecule has 2 atom stereocenters. The van der Waals surface area contributed by atoms with Gasteiger partial charge in [-0.1, -0.05) is 30.3 Å². The van der Waals surface area contributed by atoms with E-state index >= 15 is 0 Å². The molecule has 0 aromatic heterocycles. The molecule has 6 heteroatoms. The second-order valence-electron chi connectivity index (χ2n) is 5.79. The van der Waals surface area contributed by atoms with Crippen LogP contribution in [0.2, 0.25) is 0 Å². The average Bonchev–Trinajstić information content (AvgIpc) is 2.36. The van der Waals surface area contributed by atoms with Gasteiger partial charge in [-0.3, -0.25) is 0 Å². The van der Waals surface area contributed by atoms with E-state index in [2.05, 4.69) is 5.32 Å². The smallest absolute Gasteiger partial charge is 0.408 e. The Balaban J connectivity index is 2.66. The summed E-state index contributed by atoms with van der Waals surface area (Å²) >= 11 is 0. The first-order valence-corrected chi connectivity index (χ1v) is 6.72. The normalized spacial score (nSPS) is 14.1. The second kappa shape index (κ2) is 7.08. The van der Waals surface area contributed by atoms with Crippen molar-refractivity contribution in [3.05, 3.63) is 35.9 Å². The van der Waals surface area contributed by atoms with Crippen LogP contribution in [0.25, 0.3) is 0 Å². The fraction of sp³-hybridized carbons (Fsp3) is 0.467. The highest BCUT2D eigenvalue weighted by molar-refractivity contribution is 5.80. The summed E-state index contributed by atoms with van der Waals surface area (Å²) in [6.07, 6.45) is -0.686. The van der Waals surface area contributed by atoms with Crippen molar-refractivity contribution >= 4 is 12.1 Å². The molecular formula is C15H22N2O4. The number of carboxylic acids is 1. The Kier molecular flexibility index (Phi) is 5.72. The summed E-state index contributed by atoms with van der Waals surface area (Å²) in [5.74, 6) is -1.15. The minimum Gasteiger partial charge on any atom is -0.480 e. The van der Waals surface area contributed by atoms with Crippen LogP contribution < -0.4 is 11.1 Å². The van der Waals surface area contributed by atoms with E-state index in [0.717, 1.165) is 5.56 Å². The van der Waals surface area contributed by atoms with E-state index in [1.165, 1.54) is 0 Å². The van der Waals surface area contributed by atoms with Crippen molar-refractivity contribution in [2.24, 2.45) is 5.73 Å². The van der Waals surface area contributed by atoms with E-state index in [-0.39, 0.29) is 6.42 Å². The Morgan fingerprint density at radius 1 is 1.29 bits per heavy atom. The van der Waals surface area contributed by atoms with Gasteiger partial charge < -0.3 is 20.9 Å². The molecule has 0 heterocycles. The number of carbonyl (C=O) groups is 2. The molecule has 0 fully saturated rings. The number of carboxylic acid groups (broad SMARTS) is 1. The number of rotatable bonds is 5. The molecule has 1 rings (SSSR count). The highest BCUT2D eigenvalue weighted by Crippen LogP contribution is 2.16. The maximum atomic E-state index is 11.7. The third-order valence-corrected chi connectivity index (χ3v) is 2.71. The number of aliphatic carboxylic acids is 1. The number of carbonyl (C=O) groups excluding carboxylic acids is 1. The molecule has 0 aliphatic rings. The van der Waals surface area contributed by atoms with Crippen LogP contribution in [-0.4, -0.2) is 28.8 Å². The van der Waals surface area contributed by atoms with E-state index in [4.69, 9.17) is 10.5 Å². The minimum atomic E-state index is -1.15. The van der Waals surface area contributed by atoms with Crippen LogP contribution in [-0.2, 0) is 9.53 Å². The van der Waals surface area contributed by atoms with Gasteiger partial charge in [0.05, 0.1) is 0 Å². The number of amides is 1. The van der Waals surface area contributed by atoms with E-state index in [0.29, 0.717) is 0 Å². The maximum absolute atomic E-state index is 11.7. The molecule has 116 valence electrons. The van der Waals surface area contributed by atoms with Crippen molar-refractivity contribution in [2.45, 2.75) is 44.9 Å². The molecule has 1 aromatic carbocycles. The van der Waals surface area contributed by atoms with Gasteiger partial charge in [-0.25, -0.2) is 9.59 Å². The summed E-state index contributed by atoms with van der Waals surface area (Å²) in [7, 11) is 0. The lowest BCUT2D eigenvalue weighted by Crippen LogP contribution is -2.44. The molecular weight excluding hydrogens is 272 g/mol. The van der Waals surface area contributed by atoms with Crippen molar-refractivity contribution in [1.82, 2.24) is 5.32 Å². The van der Waals surface area contributed by atoms with Gasteiger partial charge in [0, 0.05) is 6.04 Å². The van der Waals surface area contributed by atoms with Crippen molar-refractivity contribution in [3.8, 4) is 0 Å². The summed E-state index contributed by atoms with van der Waals surface area (Å²) in [6.45, 7) is 5.12. The number of benzene rings is 1. The summed E-state index contributed by atoms with van der Waals surface area (Å²) in [4.78, 5) is 22.9. The fourth-order valence-electron chi connectivity index (χ4n) is 1.76. The van der Waals surface area contributed by atoms with Crippen LogP contribution >= 0.6 is 0 Å². The largest absolute Gasteiger partial charge is 0.480 e. The van der Waals surface area contributed by atoms with Crippen LogP contribution in [0, 0.1) is 0 Å². The number of nitrogens with two attached hydrogens (primary N) is 1. The molecule has 0 unspecified atom stereocenters. The van der Waals surface area contributed by atoms with Gasteiger partial charge >= 0.3 is 12.1 Å². The van der Waals surface area contributed by atoms with Crippen molar-refractivity contribution in [1.29, 1.82) is 0 Å². The van der Waals surface area contributed by atoms with E-state index in [1.807, 2.05) is 30.3 Å². The number of hydrogen-bond acceptors (Lipinski definition) is 4. The molecule has 1 aromatic rings. The molecule has 0 bridgehead atoms. The molecule has 0 saturated carbocycles. The third-order valence-electron chi connectivity index (χ3n) is 2.71. The van der Waals surface area contributed by atoms with Gasteiger partial charge in [-0.15, -0.1) is 0 Å². The number of alkyl carbamates (subject to hydrolysis) is 1. The van der Waals surface area contributed by atoms with Gasteiger partial charge in [0.1, 0.15) is 11.6 Å². The fourth-order valence-corrected chi connectivity index (χ4v) is 1.76. The van der Waals surface area contributed by atoms with Crippen LogP contribution in [0.1, 0.15) is 38.8 Å². The molecule has 0 aliphatic carbocycles. The van der Waals surface area contributed by atoms with Crippen LogP contribution in [0.3, 0.4) is 0 Å². The van der Waals surface area contributed by atoms with Gasteiger partial charge in [-0.05, 0) is 32.8 Å². The first-order chi connectivity index (χ1) is 9.69. The molecule has 0 saturated heterocycles. The standard InChI is InChI=1S/C15H22N2O4/c1-15(2,3)21-14(20)17-12(13(18)19)9-11(16)10-7-5-4-6-8-10/h4-8,11-12H,9,16H2,1-3H3,(H,17,20)(H,18,19)/t11-,12+/m0/s1.